The van der Waals surface area contributed by atoms with Crippen LogP contribution in [-0.4, -0.2) is 29.7 Å². The predicted octanol–water partition coefficient (Wildman–Crippen LogP) is 2.14. The number of aromatic nitrogens is 1. The smallest absolute Gasteiger partial charge is 0.302 e. The van der Waals surface area contributed by atoms with E-state index in [-0.39, 0.29) is 5.88 Å². The Morgan fingerprint density at radius 3 is 2.90 bits per heavy atom. The van der Waals surface area contributed by atoms with Gasteiger partial charge in [-0.15, -0.1) is 0 Å². The molecule has 0 aromatic carbocycles. The van der Waals surface area contributed by atoms with Crippen LogP contribution in [0.25, 0.3) is 0 Å². The van der Waals surface area contributed by atoms with Crippen molar-refractivity contribution in [3.63, 3.8) is 0 Å². The molecule has 1 aromatic rings. The van der Waals surface area contributed by atoms with Crippen LogP contribution in [0.5, 0.6) is 5.88 Å². The number of alkyl halides is 2. The number of hydrogen-bond donors (Lipinski definition) is 2. The van der Waals surface area contributed by atoms with Gasteiger partial charge in [-0.25, -0.2) is 13.8 Å². The fourth-order valence-corrected chi connectivity index (χ4v) is 1.64. The average molecular weight is 300 g/mol. The number of methoxy groups -OCH3 is 1. The molecule has 114 valence electrons. The normalized spacial score (nSPS) is 12.9. The molecule has 1 rings (SSSR count). The molecule has 1 aromatic heterocycles. The second kappa shape index (κ2) is 7.88. The summed E-state index contributed by atoms with van der Waals surface area (Å²) in [5.41, 5.74) is -0.193. The maximum absolute atomic E-state index is 12.7. The van der Waals surface area contributed by atoms with Gasteiger partial charge in [0.15, 0.2) is 0 Å². The fraction of sp³-hybridized carbons (Fsp3) is 0.333. The molecule has 1 heterocycles. The summed E-state index contributed by atoms with van der Waals surface area (Å²) in [6.45, 7) is 0. The van der Waals surface area contributed by atoms with Crippen LogP contribution in [0, 0.1) is 15.5 Å². The van der Waals surface area contributed by atoms with E-state index in [0.29, 0.717) is 11.8 Å². The van der Waals surface area contributed by atoms with Gasteiger partial charge >= 0.3 is 5.70 Å². The fourth-order valence-electron chi connectivity index (χ4n) is 1.64. The predicted molar refractivity (Wildman–Crippen MR) is 71.1 cm³/mol. The van der Waals surface area contributed by atoms with Gasteiger partial charge in [0.25, 0.3) is 0 Å². The lowest BCUT2D eigenvalue weighted by Gasteiger charge is -2.18. The van der Waals surface area contributed by atoms with E-state index in [1.807, 2.05) is 0 Å². The number of nitrogens with zero attached hydrogens (tertiary/aromatic N) is 2. The van der Waals surface area contributed by atoms with E-state index in [2.05, 4.69) is 10.3 Å². The van der Waals surface area contributed by atoms with Gasteiger partial charge in [-0.3, -0.25) is 10.1 Å². The monoisotopic (exact) mass is 300 g/mol. The highest BCUT2D eigenvalue weighted by molar-refractivity contribution is 5.71. The summed E-state index contributed by atoms with van der Waals surface area (Å²) in [6, 6.07) is 2.16. The molecule has 0 bridgehead atoms. The summed E-state index contributed by atoms with van der Waals surface area (Å²) in [4.78, 5) is 13.7. The average Bonchev–Trinajstić information content (AvgIpc) is 2.45. The van der Waals surface area contributed by atoms with Crippen molar-refractivity contribution in [2.45, 2.75) is 18.9 Å². The molecule has 0 aliphatic carbocycles. The molecular weight excluding hydrogens is 286 g/mol. The highest BCUT2D eigenvalue weighted by Gasteiger charge is 2.21. The van der Waals surface area contributed by atoms with E-state index in [4.69, 9.17) is 10.1 Å². The minimum Gasteiger partial charge on any atom is -0.481 e. The molecule has 0 saturated heterocycles. The summed E-state index contributed by atoms with van der Waals surface area (Å²) < 4.78 is 30.3. The second-order valence-electron chi connectivity index (χ2n) is 3.92. The van der Waals surface area contributed by atoms with Crippen LogP contribution < -0.4 is 10.1 Å². The molecule has 0 spiro atoms. The third-order valence-electron chi connectivity index (χ3n) is 2.57. The summed E-state index contributed by atoms with van der Waals surface area (Å²) in [5, 5.41) is 20.0. The first-order valence-electron chi connectivity index (χ1n) is 5.87. The Kier molecular flexibility index (Phi) is 6.18. The largest absolute Gasteiger partial charge is 0.481 e. The summed E-state index contributed by atoms with van der Waals surface area (Å²) in [6.07, 6.45) is -0.335. The van der Waals surface area contributed by atoms with Crippen LogP contribution in [-0.2, 0) is 0 Å². The van der Waals surface area contributed by atoms with Crippen molar-refractivity contribution in [1.82, 2.24) is 10.3 Å². The summed E-state index contributed by atoms with van der Waals surface area (Å²) in [7, 11) is 1.35. The Morgan fingerprint density at radius 1 is 1.67 bits per heavy atom. The third-order valence-corrected chi connectivity index (χ3v) is 2.57. The summed E-state index contributed by atoms with van der Waals surface area (Å²) >= 11 is 0. The summed E-state index contributed by atoms with van der Waals surface area (Å²) in [5.74, 6) is 0.154. The van der Waals surface area contributed by atoms with E-state index in [0.717, 1.165) is 6.20 Å². The molecule has 0 amide bonds. The number of hydrogen-bond acceptors (Lipinski definition) is 6. The zero-order chi connectivity index (χ0) is 15.8. The molecule has 0 aliphatic heterocycles. The van der Waals surface area contributed by atoms with E-state index >= 15 is 0 Å². The van der Waals surface area contributed by atoms with Crippen molar-refractivity contribution >= 4 is 6.21 Å². The number of halogens is 2. The topological polar surface area (TPSA) is 101 Å². The SMILES string of the molecule is COc1ncccc1C(CC(F)F)N/C=C(\C=N)[N+](=O)[O-]. The highest BCUT2D eigenvalue weighted by atomic mass is 19.3. The van der Waals surface area contributed by atoms with Gasteiger partial charge in [-0.2, -0.15) is 0 Å². The molecule has 7 nitrogen and oxygen atoms in total. The number of ether oxygens (including phenoxy) is 1. The lowest BCUT2D eigenvalue weighted by molar-refractivity contribution is -0.414. The van der Waals surface area contributed by atoms with Crippen LogP contribution in [0.2, 0.25) is 0 Å². The zero-order valence-electron chi connectivity index (χ0n) is 11.1. The van der Waals surface area contributed by atoms with Crippen LogP contribution in [0.15, 0.2) is 30.2 Å². The second-order valence-corrected chi connectivity index (χ2v) is 3.92. The van der Waals surface area contributed by atoms with Gasteiger partial charge in [0.2, 0.25) is 12.3 Å². The minimum atomic E-state index is -2.63. The zero-order valence-corrected chi connectivity index (χ0v) is 11.1. The molecule has 0 fully saturated rings. The Hall–Kier alpha value is -2.58. The molecule has 1 atom stereocenters. The van der Waals surface area contributed by atoms with E-state index in [1.165, 1.54) is 19.4 Å². The van der Waals surface area contributed by atoms with Crippen LogP contribution in [0.1, 0.15) is 18.0 Å². The van der Waals surface area contributed by atoms with Crippen molar-refractivity contribution in [3.05, 3.63) is 45.9 Å². The van der Waals surface area contributed by atoms with Crippen LogP contribution in [0.4, 0.5) is 8.78 Å². The molecular formula is C12H14F2N4O3. The molecule has 9 heteroatoms. The van der Waals surface area contributed by atoms with Gasteiger partial charge in [-0.1, -0.05) is 6.07 Å². The molecule has 0 saturated carbocycles. The maximum atomic E-state index is 12.7. The number of nitro groups is 1. The third kappa shape index (κ3) is 4.79. The van der Waals surface area contributed by atoms with Gasteiger partial charge < -0.3 is 15.5 Å². The van der Waals surface area contributed by atoms with Gasteiger partial charge in [0, 0.05) is 18.2 Å². The van der Waals surface area contributed by atoms with Gasteiger partial charge in [-0.05, 0) is 6.07 Å². The van der Waals surface area contributed by atoms with Crippen molar-refractivity contribution < 1.29 is 18.4 Å². The molecule has 21 heavy (non-hydrogen) atoms. The quantitative estimate of drug-likeness (QED) is 0.435. The number of pyridine rings is 1. The van der Waals surface area contributed by atoms with Crippen molar-refractivity contribution in [2.75, 3.05) is 7.11 Å². The lowest BCUT2D eigenvalue weighted by Crippen LogP contribution is -2.21. The Labute approximate surface area is 119 Å². The Morgan fingerprint density at radius 2 is 2.38 bits per heavy atom. The lowest BCUT2D eigenvalue weighted by atomic mass is 10.1. The van der Waals surface area contributed by atoms with Crippen molar-refractivity contribution in [1.29, 1.82) is 5.41 Å². The Balaban J connectivity index is 3.06. The first-order chi connectivity index (χ1) is 9.99. The van der Waals surface area contributed by atoms with Gasteiger partial charge in [0.05, 0.1) is 30.5 Å². The number of rotatable bonds is 8. The Bertz CT molecular complexity index is 537. The molecule has 0 radical (unpaired) electrons. The molecule has 1 unspecified atom stereocenters. The van der Waals surface area contributed by atoms with Crippen LogP contribution >= 0.6 is 0 Å². The van der Waals surface area contributed by atoms with Gasteiger partial charge in [0.1, 0.15) is 0 Å². The molecule has 2 N–H and O–H groups in total. The first kappa shape index (κ1) is 16.5. The molecule has 0 aliphatic rings. The number of allylic oxidation sites excluding steroid dienone is 1. The maximum Gasteiger partial charge on any atom is 0.302 e. The van der Waals surface area contributed by atoms with Crippen molar-refractivity contribution in [3.8, 4) is 5.88 Å². The van der Waals surface area contributed by atoms with Crippen molar-refractivity contribution in [2.24, 2.45) is 0 Å². The standard InChI is InChI=1S/C12H14F2N4O3/c1-21-12-9(3-2-4-16-12)10(5-11(13)14)17-7-8(6-15)18(19)20/h2-4,6-7,10-11,15,17H,5H2,1H3/b8-7+,15-6?. The van der Waals surface area contributed by atoms with E-state index in [1.54, 1.807) is 6.07 Å². The number of nitrogens with one attached hydrogen (secondary N) is 2. The highest BCUT2D eigenvalue weighted by Crippen LogP contribution is 2.27. The van der Waals surface area contributed by atoms with E-state index < -0.39 is 29.5 Å². The first-order valence-corrected chi connectivity index (χ1v) is 5.87. The van der Waals surface area contributed by atoms with E-state index in [9.17, 15) is 18.9 Å². The van der Waals surface area contributed by atoms with Crippen LogP contribution in [0.3, 0.4) is 0 Å². The minimum absolute atomic E-state index is 0.154.